The molecular weight excluding hydrogens is 556 g/mol. The maximum absolute atomic E-state index is 11.2. The van der Waals surface area contributed by atoms with Crippen LogP contribution in [0.15, 0.2) is 18.2 Å². The molecule has 1 aliphatic carbocycles. The van der Waals surface area contributed by atoms with Gasteiger partial charge in [-0.15, -0.1) is 0 Å². The van der Waals surface area contributed by atoms with Gasteiger partial charge < -0.3 is 25.2 Å². The highest BCUT2D eigenvalue weighted by Crippen LogP contribution is 2.41. The molecule has 4 atom stereocenters. The molecule has 1 heterocycles. The lowest BCUT2D eigenvalue weighted by Crippen LogP contribution is -2.34. The van der Waals surface area contributed by atoms with Crippen LogP contribution in [-0.2, 0) is 24.4 Å². The molecule has 0 aromatic heterocycles. The summed E-state index contributed by atoms with van der Waals surface area (Å²) in [5.74, 6) is -5.27. The first kappa shape index (κ1) is 30.3. The predicted molar refractivity (Wildman–Crippen MR) is 124 cm³/mol. The monoisotopic (exact) mass is 582 g/mol. The quantitative estimate of drug-likeness (QED) is 0.136. The number of alkyl halides is 1. The summed E-state index contributed by atoms with van der Waals surface area (Å²) in [6.45, 7) is 1.98. The van der Waals surface area contributed by atoms with Crippen LogP contribution in [0.5, 0.6) is 5.75 Å². The lowest BCUT2D eigenvalue weighted by atomic mass is 9.80. The molecule has 2 bridgehead atoms. The molecule has 2 aliphatic rings. The van der Waals surface area contributed by atoms with Crippen LogP contribution < -0.4 is 0 Å². The standard InChI is InChI=1S/C8H9BrO4.C8H6O5.C5H12O3S/c9-5-1-3(7(10)11)4-2-6(5)13-8(4)12;9-6-2-4(7(10)11)1-5(3-6)8(12)13;1-2-3-4-5-9(6,7)8/h3-6H,1-2H2,(H,10,11);1-3,9H,(H,10,11)(H,12,13);2-5H2,1H3,(H,6,7,8). The van der Waals surface area contributed by atoms with Gasteiger partial charge in [0, 0.05) is 0 Å². The van der Waals surface area contributed by atoms with E-state index in [9.17, 15) is 27.6 Å². The van der Waals surface area contributed by atoms with Gasteiger partial charge in [-0.1, -0.05) is 35.7 Å². The van der Waals surface area contributed by atoms with Gasteiger partial charge in [0.15, 0.2) is 0 Å². The fraction of sp³-hybridized carbons (Fsp3) is 0.524. The zero-order valence-electron chi connectivity index (χ0n) is 18.7. The number of hydrogen-bond acceptors (Lipinski definition) is 8. The van der Waals surface area contributed by atoms with E-state index in [2.05, 4.69) is 15.9 Å². The molecule has 3 rings (SSSR count). The zero-order chi connectivity index (χ0) is 26.9. The Morgan fingerprint density at radius 2 is 1.57 bits per heavy atom. The van der Waals surface area contributed by atoms with E-state index >= 15 is 0 Å². The molecule has 1 aromatic rings. The van der Waals surface area contributed by atoms with Crippen LogP contribution in [0.4, 0.5) is 0 Å². The number of aliphatic carboxylic acids is 1. The summed E-state index contributed by atoms with van der Waals surface area (Å²) in [5, 5.41) is 34.9. The number of phenols is 1. The number of esters is 1. The van der Waals surface area contributed by atoms with Gasteiger partial charge in [0.25, 0.3) is 10.1 Å². The number of phenolic OH excluding ortho intramolecular Hbond substituents is 1. The molecule has 1 saturated heterocycles. The first-order valence-corrected chi connectivity index (χ1v) is 13.0. The number of rotatable bonds is 7. The van der Waals surface area contributed by atoms with E-state index in [-0.39, 0.29) is 39.5 Å². The smallest absolute Gasteiger partial charge is 0.335 e. The summed E-state index contributed by atoms with van der Waals surface area (Å²) in [7, 11) is -3.70. The number of halogens is 1. The molecule has 196 valence electrons. The highest BCUT2D eigenvalue weighted by molar-refractivity contribution is 9.09. The summed E-state index contributed by atoms with van der Waals surface area (Å²) in [4.78, 5) is 42.9. The minimum absolute atomic E-state index is 0.00343. The number of unbranched alkanes of at least 4 members (excludes halogenated alkanes) is 2. The number of carboxylic acid groups (broad SMARTS) is 3. The van der Waals surface area contributed by atoms with E-state index in [4.69, 9.17) is 29.7 Å². The Labute approximate surface area is 209 Å². The molecule has 12 nitrogen and oxygen atoms in total. The van der Waals surface area contributed by atoms with Crippen LogP contribution in [-0.4, -0.2) is 74.0 Å². The lowest BCUT2D eigenvalue weighted by Gasteiger charge is -2.25. The first-order chi connectivity index (χ1) is 16.2. The summed E-state index contributed by atoms with van der Waals surface area (Å²) >= 11 is 3.34. The molecule has 2 fully saturated rings. The van der Waals surface area contributed by atoms with E-state index in [0.29, 0.717) is 19.3 Å². The minimum atomic E-state index is -3.70. The molecule has 14 heteroatoms. The first-order valence-electron chi connectivity index (χ1n) is 10.5. The number of aromatic hydroxyl groups is 1. The predicted octanol–water partition coefficient (Wildman–Crippen LogP) is 2.64. The van der Waals surface area contributed by atoms with Crippen LogP contribution >= 0.6 is 15.9 Å². The number of fused-ring (bicyclic) bond motifs is 2. The van der Waals surface area contributed by atoms with Gasteiger partial charge in [-0.2, -0.15) is 8.42 Å². The van der Waals surface area contributed by atoms with Crippen molar-refractivity contribution < 1.29 is 57.3 Å². The van der Waals surface area contributed by atoms with Gasteiger partial charge in [-0.3, -0.25) is 14.1 Å². The molecule has 5 N–H and O–H groups in total. The van der Waals surface area contributed by atoms with Crippen molar-refractivity contribution in [3.05, 3.63) is 29.3 Å². The molecule has 1 aromatic carbocycles. The summed E-state index contributed by atoms with van der Waals surface area (Å²) < 4.78 is 33.4. The van der Waals surface area contributed by atoms with Crippen molar-refractivity contribution in [2.75, 3.05) is 5.75 Å². The SMILES string of the molecule is CCCCCS(=O)(=O)O.O=C(O)C1CC(Br)C2CC1C(=O)O2.O=C(O)c1cc(O)cc(C(=O)O)c1. The second-order valence-corrected chi connectivity index (χ2v) is 10.6. The second kappa shape index (κ2) is 13.4. The number of hydrogen-bond donors (Lipinski definition) is 5. The van der Waals surface area contributed by atoms with E-state index < -0.39 is 39.9 Å². The fourth-order valence-electron chi connectivity index (χ4n) is 3.41. The Morgan fingerprint density at radius 1 is 1.03 bits per heavy atom. The number of aromatic carboxylic acids is 2. The number of benzene rings is 1. The number of carbonyl (C=O) groups excluding carboxylic acids is 1. The maximum atomic E-state index is 11.2. The van der Waals surface area contributed by atoms with Crippen molar-refractivity contribution in [2.45, 2.75) is 50.0 Å². The van der Waals surface area contributed by atoms with Crippen LogP contribution in [0.25, 0.3) is 0 Å². The Hall–Kier alpha value is -2.71. The number of carboxylic acids is 3. The van der Waals surface area contributed by atoms with Crippen molar-refractivity contribution in [3.8, 4) is 5.75 Å². The molecule has 4 unspecified atom stereocenters. The van der Waals surface area contributed by atoms with Gasteiger partial charge in [-0.05, 0) is 37.5 Å². The molecular formula is C21H27BrO12S. The minimum Gasteiger partial charge on any atom is -0.508 e. The summed E-state index contributed by atoms with van der Waals surface area (Å²) in [5.41, 5.74) is -0.505. The van der Waals surface area contributed by atoms with Gasteiger partial charge in [0.05, 0.1) is 33.5 Å². The third kappa shape index (κ3) is 10.2. The van der Waals surface area contributed by atoms with Gasteiger partial charge in [-0.25, -0.2) is 9.59 Å². The summed E-state index contributed by atoms with van der Waals surface area (Å²) in [6, 6.07) is 2.94. The lowest BCUT2D eigenvalue weighted by molar-refractivity contribution is -0.150. The fourth-order valence-corrected chi connectivity index (χ4v) is 4.70. The van der Waals surface area contributed by atoms with Gasteiger partial charge >= 0.3 is 23.9 Å². The number of ether oxygens (including phenoxy) is 1. The molecule has 0 spiro atoms. The van der Waals surface area contributed by atoms with Crippen LogP contribution in [0.1, 0.15) is 59.7 Å². The van der Waals surface area contributed by atoms with Crippen molar-refractivity contribution in [1.29, 1.82) is 0 Å². The van der Waals surface area contributed by atoms with Crippen molar-refractivity contribution in [2.24, 2.45) is 11.8 Å². The molecule has 1 saturated carbocycles. The topological polar surface area (TPSA) is 213 Å². The van der Waals surface area contributed by atoms with Crippen molar-refractivity contribution in [1.82, 2.24) is 0 Å². The van der Waals surface area contributed by atoms with E-state index in [1.807, 2.05) is 6.92 Å². The van der Waals surface area contributed by atoms with Crippen molar-refractivity contribution >= 4 is 49.9 Å². The van der Waals surface area contributed by atoms with Gasteiger partial charge in [0.2, 0.25) is 0 Å². The summed E-state index contributed by atoms with van der Waals surface area (Å²) in [6.07, 6.45) is 3.31. The Balaban J connectivity index is 0.000000269. The van der Waals surface area contributed by atoms with Gasteiger partial charge in [0.1, 0.15) is 11.9 Å². The van der Waals surface area contributed by atoms with Crippen LogP contribution in [0.2, 0.25) is 0 Å². The Bertz CT molecular complexity index is 1010. The number of carbonyl (C=O) groups is 4. The molecule has 1 aliphatic heterocycles. The normalized spacial score (nSPS) is 22.5. The zero-order valence-corrected chi connectivity index (χ0v) is 21.1. The van der Waals surface area contributed by atoms with Crippen LogP contribution in [0, 0.1) is 11.8 Å². The highest BCUT2D eigenvalue weighted by atomic mass is 79.9. The maximum Gasteiger partial charge on any atom is 0.335 e. The average molecular weight is 583 g/mol. The average Bonchev–Trinajstić information content (AvgIpc) is 3.07. The van der Waals surface area contributed by atoms with E-state index in [0.717, 1.165) is 31.0 Å². The van der Waals surface area contributed by atoms with E-state index in [1.165, 1.54) is 0 Å². The largest absolute Gasteiger partial charge is 0.508 e. The van der Waals surface area contributed by atoms with Crippen molar-refractivity contribution in [3.63, 3.8) is 0 Å². The van der Waals surface area contributed by atoms with E-state index in [1.54, 1.807) is 0 Å². The molecule has 35 heavy (non-hydrogen) atoms. The third-order valence-electron chi connectivity index (χ3n) is 5.16. The highest BCUT2D eigenvalue weighted by Gasteiger charge is 2.50. The molecule has 0 radical (unpaired) electrons. The Kier molecular flexibility index (Phi) is 11.6. The third-order valence-corrected chi connectivity index (χ3v) is 6.93. The Morgan fingerprint density at radius 3 is 2.00 bits per heavy atom. The second-order valence-electron chi connectivity index (χ2n) is 7.89. The molecule has 0 amide bonds. The van der Waals surface area contributed by atoms with Crippen LogP contribution in [0.3, 0.4) is 0 Å².